The van der Waals surface area contributed by atoms with Gasteiger partial charge in [0.2, 0.25) is 5.91 Å². The Balaban J connectivity index is 2.72. The molecule has 0 aromatic rings. The van der Waals surface area contributed by atoms with Crippen LogP contribution in [0.4, 0.5) is 0 Å². The predicted molar refractivity (Wildman–Crippen MR) is 64.6 cm³/mol. The molecule has 1 aliphatic rings. The summed E-state index contributed by atoms with van der Waals surface area (Å²) in [7, 11) is 0. The highest BCUT2D eigenvalue weighted by molar-refractivity contribution is 6.00. The van der Waals surface area contributed by atoms with Crippen molar-refractivity contribution in [2.75, 3.05) is 19.7 Å². The number of ether oxygens (including phenoxy) is 1. The van der Waals surface area contributed by atoms with Crippen molar-refractivity contribution in [1.82, 2.24) is 4.90 Å². The van der Waals surface area contributed by atoms with E-state index < -0.39 is 0 Å². The van der Waals surface area contributed by atoms with Crippen LogP contribution in [-0.2, 0) is 9.53 Å². The molecule has 92 valence electrons. The third-order valence-corrected chi connectivity index (χ3v) is 2.80. The molecule has 4 heteroatoms. The van der Waals surface area contributed by atoms with Gasteiger partial charge in [0.15, 0.2) is 5.90 Å². The summed E-state index contributed by atoms with van der Waals surface area (Å²) in [6, 6.07) is 0. The lowest BCUT2D eigenvalue weighted by Crippen LogP contribution is -2.38. The summed E-state index contributed by atoms with van der Waals surface area (Å²) in [6.45, 7) is 11.9. The van der Waals surface area contributed by atoms with Gasteiger partial charge in [0.05, 0.1) is 5.54 Å². The molecule has 1 heterocycles. The van der Waals surface area contributed by atoms with Crippen LogP contribution < -0.4 is 0 Å². The number of hydrogen-bond acceptors (Lipinski definition) is 3. The average Bonchev–Trinajstić information content (AvgIpc) is 2.59. The van der Waals surface area contributed by atoms with Crippen LogP contribution in [0.5, 0.6) is 0 Å². The van der Waals surface area contributed by atoms with Gasteiger partial charge in [-0.3, -0.25) is 4.79 Å². The van der Waals surface area contributed by atoms with E-state index in [0.717, 1.165) is 13.1 Å². The lowest BCUT2D eigenvalue weighted by molar-refractivity contribution is -0.132. The molecule has 1 rings (SSSR count). The molecule has 0 fully saturated rings. The molecule has 0 aliphatic carbocycles. The third kappa shape index (κ3) is 2.74. The van der Waals surface area contributed by atoms with Gasteiger partial charge in [-0.25, -0.2) is 4.99 Å². The van der Waals surface area contributed by atoms with Crippen LogP contribution >= 0.6 is 0 Å². The second-order valence-electron chi connectivity index (χ2n) is 4.78. The zero-order valence-corrected chi connectivity index (χ0v) is 10.9. The van der Waals surface area contributed by atoms with Gasteiger partial charge < -0.3 is 9.64 Å². The van der Waals surface area contributed by atoms with E-state index in [1.165, 1.54) is 0 Å². The molecule has 1 aliphatic heterocycles. The highest BCUT2D eigenvalue weighted by Gasteiger charge is 2.33. The van der Waals surface area contributed by atoms with Crippen molar-refractivity contribution in [2.45, 2.75) is 40.2 Å². The van der Waals surface area contributed by atoms with Crippen molar-refractivity contribution in [2.24, 2.45) is 10.9 Å². The first-order chi connectivity index (χ1) is 7.41. The molecule has 0 spiro atoms. The number of nitrogens with zero attached hydrogens (tertiary/aromatic N) is 2. The minimum absolute atomic E-state index is 0.0986. The Bertz CT molecular complexity index is 293. The van der Waals surface area contributed by atoms with E-state index in [2.05, 4.69) is 4.99 Å². The average molecular weight is 226 g/mol. The maximum atomic E-state index is 12.1. The Morgan fingerprint density at radius 3 is 2.44 bits per heavy atom. The Morgan fingerprint density at radius 2 is 2.06 bits per heavy atom. The van der Waals surface area contributed by atoms with E-state index >= 15 is 0 Å². The van der Waals surface area contributed by atoms with Crippen molar-refractivity contribution in [3.05, 3.63) is 0 Å². The zero-order chi connectivity index (χ0) is 12.3. The molecule has 0 radical (unpaired) electrons. The topological polar surface area (TPSA) is 41.9 Å². The van der Waals surface area contributed by atoms with Gasteiger partial charge in [0, 0.05) is 13.1 Å². The van der Waals surface area contributed by atoms with Crippen LogP contribution in [0.2, 0.25) is 0 Å². The first kappa shape index (κ1) is 13.0. The van der Waals surface area contributed by atoms with Crippen LogP contribution in [0.3, 0.4) is 0 Å². The SMILES string of the molecule is CCN(CC)C(=O)C(C)C1=NC(C)(C)CO1. The first-order valence-electron chi connectivity index (χ1n) is 5.92. The second kappa shape index (κ2) is 4.85. The standard InChI is InChI=1S/C12H22N2O2/c1-6-14(7-2)11(15)9(3)10-13-12(4,5)8-16-10/h9H,6-8H2,1-5H3. The van der Waals surface area contributed by atoms with Crippen molar-refractivity contribution >= 4 is 11.8 Å². The van der Waals surface area contributed by atoms with Crippen LogP contribution in [0.15, 0.2) is 4.99 Å². The molecular weight excluding hydrogens is 204 g/mol. The monoisotopic (exact) mass is 226 g/mol. The Kier molecular flexibility index (Phi) is 3.94. The lowest BCUT2D eigenvalue weighted by atomic mass is 10.1. The van der Waals surface area contributed by atoms with Gasteiger partial charge >= 0.3 is 0 Å². The van der Waals surface area contributed by atoms with Crippen molar-refractivity contribution in [3.63, 3.8) is 0 Å². The van der Waals surface area contributed by atoms with Crippen molar-refractivity contribution in [3.8, 4) is 0 Å². The maximum Gasteiger partial charge on any atom is 0.234 e. The predicted octanol–water partition coefficient (Wildman–Crippen LogP) is 1.70. The fraction of sp³-hybridized carbons (Fsp3) is 0.833. The zero-order valence-electron chi connectivity index (χ0n) is 10.9. The van der Waals surface area contributed by atoms with Crippen LogP contribution in [0.1, 0.15) is 34.6 Å². The van der Waals surface area contributed by atoms with Crippen molar-refractivity contribution < 1.29 is 9.53 Å². The molecule has 0 aromatic carbocycles. The van der Waals surface area contributed by atoms with E-state index in [-0.39, 0.29) is 17.4 Å². The van der Waals surface area contributed by atoms with Gasteiger partial charge in [-0.05, 0) is 34.6 Å². The number of hydrogen-bond donors (Lipinski definition) is 0. The van der Waals surface area contributed by atoms with E-state index in [4.69, 9.17) is 4.74 Å². The quantitative estimate of drug-likeness (QED) is 0.732. The summed E-state index contributed by atoms with van der Waals surface area (Å²) in [5.74, 6) is 0.421. The lowest BCUT2D eigenvalue weighted by Gasteiger charge is -2.22. The fourth-order valence-corrected chi connectivity index (χ4v) is 1.75. The Morgan fingerprint density at radius 1 is 1.50 bits per heavy atom. The van der Waals surface area contributed by atoms with E-state index in [1.807, 2.05) is 39.5 Å². The molecule has 0 saturated heterocycles. The fourth-order valence-electron chi connectivity index (χ4n) is 1.75. The molecule has 0 aromatic heterocycles. The summed E-state index contributed by atoms with van der Waals surface area (Å²) in [6.07, 6.45) is 0. The van der Waals surface area contributed by atoms with Gasteiger partial charge in [0.25, 0.3) is 0 Å². The minimum atomic E-state index is -0.262. The number of carbonyl (C=O) groups excluding carboxylic acids is 1. The Hall–Kier alpha value is -1.06. The van der Waals surface area contributed by atoms with Gasteiger partial charge in [0.1, 0.15) is 12.5 Å². The molecular formula is C12H22N2O2. The van der Waals surface area contributed by atoms with E-state index in [1.54, 1.807) is 0 Å². The third-order valence-electron chi connectivity index (χ3n) is 2.80. The number of rotatable bonds is 4. The van der Waals surface area contributed by atoms with E-state index in [9.17, 15) is 4.79 Å². The summed E-state index contributed by atoms with van der Waals surface area (Å²) >= 11 is 0. The summed E-state index contributed by atoms with van der Waals surface area (Å²) in [5, 5.41) is 0. The summed E-state index contributed by atoms with van der Waals surface area (Å²) in [5.41, 5.74) is -0.187. The Labute approximate surface area is 97.7 Å². The normalized spacial score (nSPS) is 19.9. The minimum Gasteiger partial charge on any atom is -0.478 e. The largest absolute Gasteiger partial charge is 0.478 e. The van der Waals surface area contributed by atoms with Crippen LogP contribution in [0, 0.1) is 5.92 Å². The molecule has 4 nitrogen and oxygen atoms in total. The van der Waals surface area contributed by atoms with Gasteiger partial charge in [-0.15, -0.1) is 0 Å². The summed E-state index contributed by atoms with van der Waals surface area (Å²) < 4.78 is 5.49. The molecule has 0 saturated carbocycles. The van der Waals surface area contributed by atoms with Gasteiger partial charge in [-0.2, -0.15) is 0 Å². The number of aliphatic imine (C=N–C) groups is 1. The van der Waals surface area contributed by atoms with Gasteiger partial charge in [-0.1, -0.05) is 0 Å². The van der Waals surface area contributed by atoms with Crippen LogP contribution in [-0.4, -0.2) is 41.9 Å². The van der Waals surface area contributed by atoms with Crippen LogP contribution in [0.25, 0.3) is 0 Å². The molecule has 1 atom stereocenters. The number of carbonyl (C=O) groups is 1. The van der Waals surface area contributed by atoms with Crippen molar-refractivity contribution in [1.29, 1.82) is 0 Å². The number of amides is 1. The smallest absolute Gasteiger partial charge is 0.234 e. The summed E-state index contributed by atoms with van der Waals surface area (Å²) in [4.78, 5) is 18.3. The molecule has 0 N–H and O–H groups in total. The molecule has 1 amide bonds. The van der Waals surface area contributed by atoms with E-state index in [0.29, 0.717) is 12.5 Å². The molecule has 1 unspecified atom stereocenters. The maximum absolute atomic E-state index is 12.1. The first-order valence-corrected chi connectivity index (χ1v) is 5.92. The molecule has 16 heavy (non-hydrogen) atoms. The highest BCUT2D eigenvalue weighted by Crippen LogP contribution is 2.21. The highest BCUT2D eigenvalue weighted by atomic mass is 16.5. The second-order valence-corrected chi connectivity index (χ2v) is 4.78. The molecule has 0 bridgehead atoms.